The van der Waals surface area contributed by atoms with Crippen molar-refractivity contribution in [1.29, 1.82) is 0 Å². The Morgan fingerprint density at radius 1 is 1.30 bits per heavy atom. The van der Waals surface area contributed by atoms with Gasteiger partial charge in [0.05, 0.1) is 15.9 Å². The summed E-state index contributed by atoms with van der Waals surface area (Å²) in [6, 6.07) is 8.58. The summed E-state index contributed by atoms with van der Waals surface area (Å²) in [5.74, 6) is 0. The maximum Gasteiger partial charge on any atom is 0.0767 e. The number of hydrogen-bond donors (Lipinski definition) is 1. The maximum atomic E-state index is 4.52. The number of halogens is 2. The molecule has 0 aliphatic carbocycles. The van der Waals surface area contributed by atoms with Crippen molar-refractivity contribution in [3.8, 4) is 0 Å². The van der Waals surface area contributed by atoms with Gasteiger partial charge in [-0.3, -0.25) is 4.68 Å². The van der Waals surface area contributed by atoms with Crippen molar-refractivity contribution in [2.24, 2.45) is 7.05 Å². The Kier molecular flexibility index (Phi) is 5.41. The Morgan fingerprint density at radius 3 is 2.60 bits per heavy atom. The van der Waals surface area contributed by atoms with Gasteiger partial charge in [0.1, 0.15) is 0 Å². The van der Waals surface area contributed by atoms with E-state index in [1.807, 2.05) is 17.8 Å². The normalized spacial score (nSPS) is 12.7. The van der Waals surface area contributed by atoms with E-state index in [1.165, 1.54) is 11.3 Å². The molecule has 2 aromatic rings. The van der Waals surface area contributed by atoms with E-state index in [4.69, 9.17) is 0 Å². The van der Waals surface area contributed by atoms with Crippen LogP contribution in [0, 0.1) is 0 Å². The molecule has 20 heavy (non-hydrogen) atoms. The van der Waals surface area contributed by atoms with Gasteiger partial charge in [-0.15, -0.1) is 0 Å². The summed E-state index contributed by atoms with van der Waals surface area (Å²) in [6.45, 7) is 5.08. The Bertz CT molecular complexity index is 593. The molecule has 1 atom stereocenters. The van der Waals surface area contributed by atoms with E-state index in [1.54, 1.807) is 0 Å². The molecule has 0 bridgehead atoms. The number of aryl methyl sites for hydroxylation is 2. The fraction of sp³-hybridized carbons (Fsp3) is 0.400. The van der Waals surface area contributed by atoms with Crippen molar-refractivity contribution in [2.45, 2.75) is 32.9 Å². The first-order valence-electron chi connectivity index (χ1n) is 6.72. The first-order valence-corrected chi connectivity index (χ1v) is 8.31. The number of rotatable bonds is 5. The van der Waals surface area contributed by atoms with Gasteiger partial charge >= 0.3 is 0 Å². The molecule has 0 saturated carbocycles. The molecular weight excluding hydrogens is 382 g/mol. The molecule has 0 aliphatic heterocycles. The van der Waals surface area contributed by atoms with Crippen molar-refractivity contribution < 1.29 is 0 Å². The van der Waals surface area contributed by atoms with E-state index in [0.717, 1.165) is 27.6 Å². The van der Waals surface area contributed by atoms with Crippen molar-refractivity contribution in [2.75, 3.05) is 0 Å². The second-order valence-electron chi connectivity index (χ2n) is 4.81. The van der Waals surface area contributed by atoms with Gasteiger partial charge < -0.3 is 5.32 Å². The molecule has 1 heterocycles. The van der Waals surface area contributed by atoms with Crippen LogP contribution in [0.25, 0.3) is 0 Å². The smallest absolute Gasteiger partial charge is 0.0767 e. The number of nitrogens with one attached hydrogen (secondary N) is 1. The predicted molar refractivity (Wildman–Crippen MR) is 89.7 cm³/mol. The number of nitrogens with zero attached hydrogens (tertiary/aromatic N) is 2. The Hall–Kier alpha value is -0.650. The number of aromatic nitrogens is 2. The van der Waals surface area contributed by atoms with Crippen LogP contribution in [0.5, 0.6) is 0 Å². The highest BCUT2D eigenvalue weighted by atomic mass is 79.9. The fourth-order valence-corrected chi connectivity index (χ4v) is 3.58. The van der Waals surface area contributed by atoms with Crippen LogP contribution in [-0.4, -0.2) is 9.78 Å². The minimum Gasteiger partial charge on any atom is -0.304 e. The van der Waals surface area contributed by atoms with Crippen LogP contribution in [0.15, 0.2) is 33.2 Å². The molecule has 3 nitrogen and oxygen atoms in total. The van der Waals surface area contributed by atoms with E-state index >= 15 is 0 Å². The van der Waals surface area contributed by atoms with E-state index in [0.29, 0.717) is 0 Å². The average Bonchev–Trinajstić information content (AvgIpc) is 2.71. The van der Waals surface area contributed by atoms with Gasteiger partial charge in [-0.25, -0.2) is 0 Å². The Balaban J connectivity index is 2.09. The zero-order chi connectivity index (χ0) is 14.7. The lowest BCUT2D eigenvalue weighted by Gasteiger charge is -2.16. The molecule has 0 unspecified atom stereocenters. The first kappa shape index (κ1) is 15.7. The topological polar surface area (TPSA) is 29.9 Å². The molecule has 108 valence electrons. The van der Waals surface area contributed by atoms with E-state index in [-0.39, 0.29) is 6.04 Å². The van der Waals surface area contributed by atoms with E-state index in [2.05, 4.69) is 74.3 Å². The lowest BCUT2D eigenvalue weighted by Crippen LogP contribution is -2.20. The summed E-state index contributed by atoms with van der Waals surface area (Å²) in [7, 11) is 1.99. The van der Waals surface area contributed by atoms with Crippen molar-refractivity contribution in [3.63, 3.8) is 0 Å². The molecule has 1 aromatic carbocycles. The molecule has 5 heteroatoms. The summed E-state index contributed by atoms with van der Waals surface area (Å²) in [6.07, 6.45) is 0.939. The third kappa shape index (κ3) is 3.32. The minimum absolute atomic E-state index is 0.275. The lowest BCUT2D eigenvalue weighted by molar-refractivity contribution is 0.545. The summed E-state index contributed by atoms with van der Waals surface area (Å²) >= 11 is 7.25. The summed E-state index contributed by atoms with van der Waals surface area (Å²) in [5, 5.41) is 8.07. The monoisotopic (exact) mass is 399 g/mol. The highest BCUT2D eigenvalue weighted by Crippen LogP contribution is 2.25. The SMILES string of the molecule is CCc1nn(C)c(CN[C@@H](C)c2ccccc2Br)c1Br. The van der Waals surface area contributed by atoms with Crippen LogP contribution in [0.4, 0.5) is 0 Å². The van der Waals surface area contributed by atoms with E-state index < -0.39 is 0 Å². The standard InChI is InChI=1S/C15H19Br2N3/c1-4-13-15(17)14(20(3)19-13)9-18-10(2)11-7-5-6-8-12(11)16/h5-8,10,18H,4,9H2,1-3H3/t10-/m0/s1. The van der Waals surface area contributed by atoms with Crippen molar-refractivity contribution >= 4 is 31.9 Å². The first-order chi connectivity index (χ1) is 9.54. The molecule has 0 aliphatic rings. The van der Waals surface area contributed by atoms with Crippen molar-refractivity contribution in [3.05, 3.63) is 50.2 Å². The molecule has 0 saturated heterocycles. The maximum absolute atomic E-state index is 4.52. The highest BCUT2D eigenvalue weighted by Gasteiger charge is 2.14. The minimum atomic E-state index is 0.275. The molecule has 0 amide bonds. The van der Waals surface area contributed by atoms with Gasteiger partial charge in [-0.05, 0) is 40.9 Å². The van der Waals surface area contributed by atoms with Gasteiger partial charge in [0.15, 0.2) is 0 Å². The zero-order valence-corrected chi connectivity index (χ0v) is 15.1. The van der Waals surface area contributed by atoms with Crippen LogP contribution in [0.3, 0.4) is 0 Å². The highest BCUT2D eigenvalue weighted by molar-refractivity contribution is 9.10. The number of hydrogen-bond acceptors (Lipinski definition) is 2. The van der Waals surface area contributed by atoms with Gasteiger partial charge in [-0.2, -0.15) is 5.10 Å². The van der Waals surface area contributed by atoms with Crippen LogP contribution >= 0.6 is 31.9 Å². The molecule has 0 fully saturated rings. The largest absolute Gasteiger partial charge is 0.304 e. The van der Waals surface area contributed by atoms with Crippen LogP contribution in [0.1, 0.15) is 36.8 Å². The van der Waals surface area contributed by atoms with Gasteiger partial charge in [0.25, 0.3) is 0 Å². The average molecular weight is 401 g/mol. The van der Waals surface area contributed by atoms with Gasteiger partial charge in [-0.1, -0.05) is 41.1 Å². The Labute approximate surface area is 137 Å². The van der Waals surface area contributed by atoms with Crippen LogP contribution < -0.4 is 5.32 Å². The van der Waals surface area contributed by atoms with Crippen LogP contribution in [-0.2, 0) is 20.0 Å². The van der Waals surface area contributed by atoms with E-state index in [9.17, 15) is 0 Å². The summed E-state index contributed by atoms with van der Waals surface area (Å²) < 4.78 is 4.20. The third-order valence-corrected chi connectivity index (χ3v) is 5.09. The van der Waals surface area contributed by atoms with Crippen LogP contribution in [0.2, 0.25) is 0 Å². The molecule has 1 aromatic heterocycles. The van der Waals surface area contributed by atoms with Crippen molar-refractivity contribution in [1.82, 2.24) is 15.1 Å². The zero-order valence-electron chi connectivity index (χ0n) is 12.0. The summed E-state index contributed by atoms with van der Waals surface area (Å²) in [4.78, 5) is 0. The molecule has 0 spiro atoms. The Morgan fingerprint density at radius 2 is 2.00 bits per heavy atom. The molecule has 0 radical (unpaired) electrons. The second-order valence-corrected chi connectivity index (χ2v) is 6.46. The lowest BCUT2D eigenvalue weighted by atomic mass is 10.1. The van der Waals surface area contributed by atoms with Gasteiger partial charge in [0, 0.05) is 24.1 Å². The fourth-order valence-electron chi connectivity index (χ4n) is 2.20. The molecule has 1 N–H and O–H groups in total. The molecular formula is C15H19Br2N3. The predicted octanol–water partition coefficient (Wildman–Crippen LogP) is 4.36. The van der Waals surface area contributed by atoms with Gasteiger partial charge in [0.2, 0.25) is 0 Å². The summed E-state index contributed by atoms with van der Waals surface area (Å²) in [5.41, 5.74) is 3.56. The molecule has 2 rings (SSSR count). The third-order valence-electron chi connectivity index (χ3n) is 3.45. The quantitative estimate of drug-likeness (QED) is 0.807. The number of benzene rings is 1. The second kappa shape index (κ2) is 6.87.